The monoisotopic (exact) mass is 440 g/mol. The van der Waals surface area contributed by atoms with E-state index < -0.39 is 0 Å². The van der Waals surface area contributed by atoms with Gasteiger partial charge in [0.05, 0.1) is 17.0 Å². The van der Waals surface area contributed by atoms with E-state index in [9.17, 15) is 0 Å². The normalized spacial score (nSPS) is 23.7. The molecule has 2 saturated carbocycles. The van der Waals surface area contributed by atoms with Gasteiger partial charge in [-0.25, -0.2) is 0 Å². The van der Waals surface area contributed by atoms with Crippen LogP contribution in [0.2, 0.25) is 0 Å². The van der Waals surface area contributed by atoms with E-state index in [4.69, 9.17) is 0 Å². The minimum absolute atomic E-state index is 0.136. The molecule has 6 rings (SSSR count). The van der Waals surface area contributed by atoms with E-state index in [-0.39, 0.29) is 10.8 Å². The van der Waals surface area contributed by atoms with E-state index in [0.717, 1.165) is 0 Å². The third-order valence-corrected chi connectivity index (χ3v) is 8.54. The molecular formula is C34H32+. The van der Waals surface area contributed by atoms with Gasteiger partial charge >= 0.3 is 0 Å². The Morgan fingerprint density at radius 3 is 1.26 bits per heavy atom. The van der Waals surface area contributed by atoms with Crippen molar-refractivity contribution in [1.82, 2.24) is 0 Å². The van der Waals surface area contributed by atoms with Gasteiger partial charge in [-0.15, -0.1) is 0 Å². The molecule has 4 aromatic rings. The van der Waals surface area contributed by atoms with E-state index in [2.05, 4.69) is 121 Å². The van der Waals surface area contributed by atoms with Crippen LogP contribution in [0.4, 0.5) is 0 Å². The summed E-state index contributed by atoms with van der Waals surface area (Å²) in [6.45, 7) is 0. The topological polar surface area (TPSA) is 0 Å². The SMILES string of the molecule is c1ccc([C](c2ccccc2)C23CCCC2([C+](c2ccccc2)c2ccccc2)CCC3)cc1. The van der Waals surface area contributed by atoms with Crippen molar-refractivity contribution in [2.24, 2.45) is 10.8 Å². The standard InChI is InChI=1S/C34H32/c1-5-15-27(16-6-1)31(28-17-7-2-8-18-28)33-23-13-25-34(33,26-14-24-33)32(29-19-9-3-10-20-29)30-21-11-4-12-22-30/h1-12,15-22H,13-14,23-26H2/q+1. The van der Waals surface area contributed by atoms with Crippen molar-refractivity contribution in [1.29, 1.82) is 0 Å². The van der Waals surface area contributed by atoms with E-state index in [1.807, 2.05) is 0 Å². The first kappa shape index (κ1) is 21.3. The number of fused-ring (bicyclic) bond motifs is 1. The minimum Gasteiger partial charge on any atom is -0.0622 e. The van der Waals surface area contributed by atoms with Crippen LogP contribution in [0.1, 0.15) is 60.8 Å². The summed E-state index contributed by atoms with van der Waals surface area (Å²) in [5.41, 5.74) is 5.84. The van der Waals surface area contributed by atoms with Crippen LogP contribution in [0.15, 0.2) is 121 Å². The summed E-state index contributed by atoms with van der Waals surface area (Å²) in [7, 11) is 0. The van der Waals surface area contributed by atoms with Gasteiger partial charge in [-0.3, -0.25) is 0 Å². The number of rotatable bonds is 6. The van der Waals surface area contributed by atoms with Crippen molar-refractivity contribution in [3.8, 4) is 0 Å². The van der Waals surface area contributed by atoms with E-state index in [1.165, 1.54) is 60.8 Å². The van der Waals surface area contributed by atoms with Gasteiger partial charge in [-0.05, 0) is 73.2 Å². The summed E-state index contributed by atoms with van der Waals surface area (Å²) >= 11 is 0. The molecule has 0 aromatic heterocycles. The Kier molecular flexibility index (Phi) is 5.53. The van der Waals surface area contributed by atoms with Crippen molar-refractivity contribution in [3.05, 3.63) is 155 Å². The molecule has 0 saturated heterocycles. The molecule has 34 heavy (non-hydrogen) atoms. The Bertz CT molecular complexity index is 1010. The van der Waals surface area contributed by atoms with Crippen molar-refractivity contribution in [2.45, 2.75) is 38.5 Å². The number of hydrogen-bond acceptors (Lipinski definition) is 0. The molecule has 0 spiro atoms. The number of benzene rings is 4. The molecule has 0 amide bonds. The fourth-order valence-electron chi connectivity index (χ4n) is 7.43. The predicted molar refractivity (Wildman–Crippen MR) is 141 cm³/mol. The third kappa shape index (κ3) is 3.31. The van der Waals surface area contributed by atoms with Crippen LogP contribution in [-0.2, 0) is 0 Å². The average Bonchev–Trinajstić information content (AvgIpc) is 3.43. The predicted octanol–water partition coefficient (Wildman–Crippen LogP) is 8.67. The number of hydrogen-bond donors (Lipinski definition) is 0. The highest BCUT2D eigenvalue weighted by atomic mass is 14.7. The molecular weight excluding hydrogens is 408 g/mol. The molecule has 0 heteroatoms. The molecule has 2 aliphatic rings. The lowest BCUT2D eigenvalue weighted by atomic mass is 9.51. The van der Waals surface area contributed by atoms with Gasteiger partial charge < -0.3 is 0 Å². The molecule has 0 atom stereocenters. The molecule has 0 heterocycles. The largest absolute Gasteiger partial charge is 0.0762 e. The zero-order chi connectivity index (χ0) is 22.8. The summed E-state index contributed by atoms with van der Waals surface area (Å²) in [6.07, 6.45) is 7.60. The van der Waals surface area contributed by atoms with Crippen LogP contribution in [0.5, 0.6) is 0 Å². The Balaban J connectivity index is 1.59. The van der Waals surface area contributed by atoms with Crippen molar-refractivity contribution in [2.75, 3.05) is 0 Å². The van der Waals surface area contributed by atoms with Gasteiger partial charge in [0.2, 0.25) is 0 Å². The zero-order valence-corrected chi connectivity index (χ0v) is 19.8. The maximum atomic E-state index is 2.34. The van der Waals surface area contributed by atoms with Crippen LogP contribution < -0.4 is 0 Å². The first-order valence-corrected chi connectivity index (χ1v) is 12.8. The smallest absolute Gasteiger partial charge is 0.0622 e. The van der Waals surface area contributed by atoms with Crippen LogP contribution in [0.25, 0.3) is 0 Å². The summed E-state index contributed by atoms with van der Waals surface area (Å²) in [5.74, 6) is 3.13. The molecule has 2 fully saturated rings. The summed E-state index contributed by atoms with van der Waals surface area (Å²) in [6, 6.07) is 44.9. The van der Waals surface area contributed by atoms with Gasteiger partial charge in [0, 0.05) is 41.0 Å². The van der Waals surface area contributed by atoms with E-state index >= 15 is 0 Å². The molecule has 167 valence electrons. The fourth-order valence-corrected chi connectivity index (χ4v) is 7.43. The van der Waals surface area contributed by atoms with Crippen LogP contribution >= 0.6 is 0 Å². The summed E-state index contributed by atoms with van der Waals surface area (Å²) in [4.78, 5) is 0. The first-order valence-electron chi connectivity index (χ1n) is 12.8. The summed E-state index contributed by atoms with van der Waals surface area (Å²) < 4.78 is 0. The molecule has 0 aliphatic heterocycles. The molecule has 0 nitrogen and oxygen atoms in total. The zero-order valence-electron chi connectivity index (χ0n) is 19.8. The van der Waals surface area contributed by atoms with Crippen LogP contribution in [0, 0.1) is 22.7 Å². The lowest BCUT2D eigenvalue weighted by Crippen LogP contribution is -2.44. The Morgan fingerprint density at radius 2 is 0.853 bits per heavy atom. The molecule has 0 bridgehead atoms. The van der Waals surface area contributed by atoms with Gasteiger partial charge in [-0.1, -0.05) is 73.5 Å². The first-order chi connectivity index (χ1) is 16.8. The van der Waals surface area contributed by atoms with Crippen molar-refractivity contribution < 1.29 is 0 Å². The molecule has 1 radical (unpaired) electrons. The van der Waals surface area contributed by atoms with Gasteiger partial charge in [-0.2, -0.15) is 0 Å². The molecule has 0 unspecified atom stereocenters. The second kappa shape index (κ2) is 8.84. The van der Waals surface area contributed by atoms with Crippen LogP contribution in [-0.4, -0.2) is 0 Å². The Morgan fingerprint density at radius 1 is 0.471 bits per heavy atom. The molecule has 2 aliphatic carbocycles. The molecule has 0 N–H and O–H groups in total. The minimum atomic E-state index is 0.136. The second-order valence-electron chi connectivity index (χ2n) is 10.1. The Hall–Kier alpha value is -3.25. The van der Waals surface area contributed by atoms with Gasteiger partial charge in [0.25, 0.3) is 0 Å². The maximum Gasteiger partial charge on any atom is 0.0762 e. The van der Waals surface area contributed by atoms with Gasteiger partial charge in [0.1, 0.15) is 0 Å². The highest BCUT2D eigenvalue weighted by Gasteiger charge is 2.66. The fraction of sp³-hybridized carbons (Fsp3) is 0.235. The second-order valence-corrected chi connectivity index (χ2v) is 10.1. The lowest BCUT2D eigenvalue weighted by Gasteiger charge is -2.48. The molecule has 4 aromatic carbocycles. The van der Waals surface area contributed by atoms with Crippen molar-refractivity contribution >= 4 is 0 Å². The van der Waals surface area contributed by atoms with Crippen molar-refractivity contribution in [3.63, 3.8) is 0 Å². The van der Waals surface area contributed by atoms with E-state index in [0.29, 0.717) is 0 Å². The Labute approximate surface area is 204 Å². The third-order valence-electron chi connectivity index (χ3n) is 8.54. The average molecular weight is 441 g/mol. The highest BCUT2D eigenvalue weighted by Crippen LogP contribution is 2.73. The highest BCUT2D eigenvalue weighted by molar-refractivity contribution is 5.58. The quantitative estimate of drug-likeness (QED) is 0.263. The van der Waals surface area contributed by atoms with Crippen LogP contribution in [0.3, 0.4) is 0 Å². The maximum absolute atomic E-state index is 2.34. The van der Waals surface area contributed by atoms with E-state index in [1.54, 1.807) is 11.8 Å². The summed E-state index contributed by atoms with van der Waals surface area (Å²) in [5, 5.41) is 0. The lowest BCUT2D eigenvalue weighted by molar-refractivity contribution is 0.162. The van der Waals surface area contributed by atoms with Gasteiger partial charge in [0.15, 0.2) is 0 Å².